The molecule has 3 rings (SSSR count). The van der Waals surface area contributed by atoms with Crippen LogP contribution in [0, 0.1) is 12.8 Å². The molecule has 0 amide bonds. The van der Waals surface area contributed by atoms with Gasteiger partial charge in [0, 0.05) is 36.8 Å². The van der Waals surface area contributed by atoms with Crippen molar-refractivity contribution in [1.82, 2.24) is 9.78 Å². The Hall–Kier alpha value is -1.56. The minimum atomic E-state index is -0.216. The molecule has 0 bridgehead atoms. The molecule has 5 nitrogen and oxygen atoms in total. The maximum atomic E-state index is 12.5. The Balaban J connectivity index is 1.93. The first-order valence-electron chi connectivity index (χ1n) is 8.08. The topological polar surface area (TPSA) is 72.2 Å². The number of nitrogens with zero attached hydrogens (tertiary/aromatic N) is 2. The first-order chi connectivity index (χ1) is 11.0. The highest BCUT2D eigenvalue weighted by atomic mass is 32.2. The van der Waals surface area contributed by atoms with E-state index in [9.17, 15) is 14.7 Å². The predicted octanol–water partition coefficient (Wildman–Crippen LogP) is 3.17. The fourth-order valence-electron chi connectivity index (χ4n) is 3.40. The van der Waals surface area contributed by atoms with Crippen LogP contribution in [0.2, 0.25) is 0 Å². The molecule has 1 aromatic heterocycles. The number of Topliss-reactive ketones (excluding diaryl/α,β-unsaturated/α-hetero) is 2. The molecule has 0 aliphatic heterocycles. The Labute approximate surface area is 140 Å². The number of aryl methyl sites for hydroxylation is 2. The lowest BCUT2D eigenvalue weighted by Crippen LogP contribution is -2.27. The molecule has 2 saturated carbocycles. The molecular formula is C17H22N2O3S. The van der Waals surface area contributed by atoms with Crippen LogP contribution < -0.4 is 0 Å². The Kier molecular flexibility index (Phi) is 4.36. The zero-order chi connectivity index (χ0) is 16.7. The number of aromatic nitrogens is 2. The van der Waals surface area contributed by atoms with Crippen LogP contribution in [0.4, 0.5) is 0 Å². The fraction of sp³-hybridized carbons (Fsp3) is 0.588. The fourth-order valence-corrected chi connectivity index (χ4v) is 4.32. The average molecular weight is 334 g/mol. The third-order valence-electron chi connectivity index (χ3n) is 4.67. The van der Waals surface area contributed by atoms with Gasteiger partial charge in [-0.15, -0.1) is 11.8 Å². The van der Waals surface area contributed by atoms with Crippen molar-refractivity contribution in [3.8, 4) is 0 Å². The van der Waals surface area contributed by atoms with Gasteiger partial charge in [-0.1, -0.05) is 0 Å². The van der Waals surface area contributed by atoms with Gasteiger partial charge in [0.1, 0.15) is 5.76 Å². The quantitative estimate of drug-likeness (QED) is 0.396. The maximum absolute atomic E-state index is 12.5. The van der Waals surface area contributed by atoms with Gasteiger partial charge in [0.2, 0.25) is 0 Å². The van der Waals surface area contributed by atoms with Crippen molar-refractivity contribution in [3.63, 3.8) is 0 Å². The molecule has 0 aromatic carbocycles. The predicted molar refractivity (Wildman–Crippen MR) is 88.8 cm³/mol. The molecule has 23 heavy (non-hydrogen) atoms. The van der Waals surface area contributed by atoms with Gasteiger partial charge >= 0.3 is 0 Å². The smallest absolute Gasteiger partial charge is 0.170 e. The first-order valence-corrected chi connectivity index (χ1v) is 9.31. The van der Waals surface area contributed by atoms with Crippen LogP contribution in [0.3, 0.4) is 0 Å². The summed E-state index contributed by atoms with van der Waals surface area (Å²) in [6, 6.07) is 0. The van der Waals surface area contributed by atoms with Gasteiger partial charge in [-0.2, -0.15) is 5.10 Å². The summed E-state index contributed by atoms with van der Waals surface area (Å²) in [6.45, 7) is 4.73. The van der Waals surface area contributed by atoms with E-state index in [4.69, 9.17) is 0 Å². The number of carbonyl (C=O) groups excluding carboxylic acids is 2. The minimum absolute atomic E-state index is 0.0285. The van der Waals surface area contributed by atoms with E-state index < -0.39 is 0 Å². The van der Waals surface area contributed by atoms with Crippen molar-refractivity contribution in [2.24, 2.45) is 5.92 Å². The van der Waals surface area contributed by atoms with E-state index in [1.165, 1.54) is 0 Å². The summed E-state index contributed by atoms with van der Waals surface area (Å²) < 4.78 is 1.93. The first kappa shape index (κ1) is 16.3. The summed E-state index contributed by atoms with van der Waals surface area (Å²) in [6.07, 6.45) is 4.29. The van der Waals surface area contributed by atoms with Gasteiger partial charge in [0.05, 0.1) is 16.3 Å². The summed E-state index contributed by atoms with van der Waals surface area (Å²) in [4.78, 5) is 25.0. The molecule has 0 unspecified atom stereocenters. The normalized spacial score (nSPS) is 21.9. The molecule has 1 N–H and O–H groups in total. The minimum Gasteiger partial charge on any atom is -0.511 e. The maximum Gasteiger partial charge on any atom is 0.170 e. The molecule has 2 aliphatic rings. The summed E-state index contributed by atoms with van der Waals surface area (Å²) in [5.41, 5.74) is 1.97. The van der Waals surface area contributed by atoms with E-state index in [0.29, 0.717) is 0 Å². The molecule has 1 aromatic rings. The highest BCUT2D eigenvalue weighted by Gasteiger charge is 2.39. The van der Waals surface area contributed by atoms with Gasteiger partial charge in [-0.3, -0.25) is 14.3 Å². The molecule has 0 atom stereocenters. The number of hydrogen-bond donors (Lipinski definition) is 1. The Morgan fingerprint density at radius 2 is 1.91 bits per heavy atom. The summed E-state index contributed by atoms with van der Waals surface area (Å²) in [7, 11) is 0. The largest absolute Gasteiger partial charge is 0.511 e. The zero-order valence-electron chi connectivity index (χ0n) is 13.8. The van der Waals surface area contributed by atoms with Crippen LogP contribution in [-0.4, -0.2) is 32.7 Å². The van der Waals surface area contributed by atoms with Crippen molar-refractivity contribution in [3.05, 3.63) is 22.6 Å². The lowest BCUT2D eigenvalue weighted by Gasteiger charge is -2.23. The number of carbonyl (C=O) groups is 2. The second kappa shape index (κ2) is 6.15. The number of rotatable bonds is 4. The number of ketones is 2. The Morgan fingerprint density at radius 3 is 2.39 bits per heavy atom. The van der Waals surface area contributed by atoms with Crippen molar-refractivity contribution in [2.75, 3.05) is 6.26 Å². The summed E-state index contributed by atoms with van der Waals surface area (Å²) >= 11 is 1.60. The molecule has 2 fully saturated rings. The zero-order valence-corrected chi connectivity index (χ0v) is 14.6. The Morgan fingerprint density at radius 1 is 1.30 bits per heavy atom. The van der Waals surface area contributed by atoms with E-state index in [0.717, 1.165) is 35.7 Å². The highest BCUT2D eigenvalue weighted by Crippen LogP contribution is 2.42. The lowest BCUT2D eigenvalue weighted by molar-refractivity contribution is -0.124. The second-order valence-electron chi connectivity index (χ2n) is 6.31. The van der Waals surface area contributed by atoms with E-state index in [1.54, 1.807) is 11.8 Å². The average Bonchev–Trinajstić information content (AvgIpc) is 3.29. The molecule has 0 spiro atoms. The van der Waals surface area contributed by atoms with Crippen molar-refractivity contribution < 1.29 is 14.7 Å². The van der Waals surface area contributed by atoms with Crippen molar-refractivity contribution in [2.45, 2.75) is 57.0 Å². The summed E-state index contributed by atoms with van der Waals surface area (Å²) in [5.74, 6) is -0.503. The monoisotopic (exact) mass is 334 g/mol. The van der Waals surface area contributed by atoms with E-state index in [-0.39, 0.29) is 47.6 Å². The third-order valence-corrected chi connectivity index (χ3v) is 5.49. The van der Waals surface area contributed by atoms with Crippen molar-refractivity contribution in [1.29, 1.82) is 0 Å². The number of aliphatic hydroxyl groups excluding tert-OH is 1. The molecule has 1 heterocycles. The van der Waals surface area contributed by atoms with Gasteiger partial charge in [0.15, 0.2) is 11.6 Å². The van der Waals surface area contributed by atoms with Gasteiger partial charge in [-0.05, 0) is 32.9 Å². The van der Waals surface area contributed by atoms with Crippen LogP contribution in [0.5, 0.6) is 0 Å². The molecule has 6 heteroatoms. The van der Waals surface area contributed by atoms with Crippen LogP contribution in [-0.2, 0) is 16.1 Å². The Bertz CT molecular complexity index is 681. The molecule has 0 saturated heterocycles. The SMILES string of the molecule is CCn1nc(C)c(C2CC(=O)C(=C(O)C3CC3)C(=O)C2)c1SC. The van der Waals surface area contributed by atoms with E-state index >= 15 is 0 Å². The summed E-state index contributed by atoms with van der Waals surface area (Å²) in [5, 5.41) is 15.7. The van der Waals surface area contributed by atoms with Gasteiger partial charge in [-0.25, -0.2) is 0 Å². The van der Waals surface area contributed by atoms with Crippen molar-refractivity contribution >= 4 is 23.3 Å². The number of aliphatic hydroxyl groups is 1. The number of hydrogen-bond acceptors (Lipinski definition) is 5. The van der Waals surface area contributed by atoms with E-state index in [2.05, 4.69) is 5.10 Å². The van der Waals surface area contributed by atoms with Crippen LogP contribution in [0.25, 0.3) is 0 Å². The second-order valence-corrected chi connectivity index (χ2v) is 7.11. The number of thioether (sulfide) groups is 1. The third kappa shape index (κ3) is 2.84. The number of allylic oxidation sites excluding steroid dienone is 2. The lowest BCUT2D eigenvalue weighted by atomic mass is 9.79. The molecule has 124 valence electrons. The van der Waals surface area contributed by atoms with Crippen LogP contribution >= 0.6 is 11.8 Å². The van der Waals surface area contributed by atoms with E-state index in [1.807, 2.05) is 24.8 Å². The van der Waals surface area contributed by atoms with Crippen LogP contribution in [0.1, 0.15) is 49.8 Å². The van der Waals surface area contributed by atoms with Crippen LogP contribution in [0.15, 0.2) is 16.4 Å². The molecule has 2 aliphatic carbocycles. The molecule has 0 radical (unpaired) electrons. The standard InChI is InChI=1S/C17H22N2O3S/c1-4-19-17(23-3)14(9(2)18-19)11-7-12(20)15(13(21)8-11)16(22)10-5-6-10/h10-11,22H,4-8H2,1-3H3. The molecular weight excluding hydrogens is 312 g/mol. The van der Waals surface area contributed by atoms with Gasteiger partial charge in [0.25, 0.3) is 0 Å². The van der Waals surface area contributed by atoms with Gasteiger partial charge < -0.3 is 5.11 Å². The highest BCUT2D eigenvalue weighted by molar-refractivity contribution is 7.98.